The molecule has 2 rings (SSSR count). The lowest BCUT2D eigenvalue weighted by molar-refractivity contribution is 0.344. The summed E-state index contributed by atoms with van der Waals surface area (Å²) in [6, 6.07) is 8.88. The van der Waals surface area contributed by atoms with Gasteiger partial charge in [-0.1, -0.05) is 36.8 Å². The van der Waals surface area contributed by atoms with E-state index in [1.807, 2.05) is 30.3 Å². The average Bonchev–Trinajstić information content (AvgIpc) is 2.46. The van der Waals surface area contributed by atoms with E-state index in [1.54, 1.807) is 0 Å². The van der Waals surface area contributed by atoms with Crippen LogP contribution >= 0.6 is 0 Å². The van der Waals surface area contributed by atoms with E-state index < -0.39 is 20.2 Å². The second-order valence-electron chi connectivity index (χ2n) is 6.32. The van der Waals surface area contributed by atoms with Crippen LogP contribution in [0.2, 0.25) is 0 Å². The summed E-state index contributed by atoms with van der Waals surface area (Å²) in [6.07, 6.45) is 3.80. The molecule has 2 atom stereocenters. The van der Waals surface area contributed by atoms with Crippen LogP contribution in [0.3, 0.4) is 0 Å². The first-order valence-corrected chi connectivity index (χ1v) is 11.2. The minimum Gasteiger partial charge on any atom is -0.213 e. The summed E-state index contributed by atoms with van der Waals surface area (Å²) in [4.78, 5) is 0. The highest BCUT2D eigenvalue weighted by atomic mass is 32.2. The number of rotatable bonds is 7. The van der Waals surface area contributed by atoms with Gasteiger partial charge in [-0.25, -0.2) is 13.1 Å². The molecule has 0 aromatic heterocycles. The van der Waals surface area contributed by atoms with E-state index >= 15 is 0 Å². The van der Waals surface area contributed by atoms with Gasteiger partial charge in [-0.3, -0.25) is 0 Å². The zero-order valence-corrected chi connectivity index (χ0v) is 15.6. The lowest BCUT2D eigenvalue weighted by Gasteiger charge is -2.31. The highest BCUT2D eigenvalue weighted by Crippen LogP contribution is 2.20. The molecule has 0 unspecified atom stereocenters. The van der Waals surface area contributed by atoms with Crippen LogP contribution in [-0.2, 0) is 26.8 Å². The molecule has 24 heavy (non-hydrogen) atoms. The highest BCUT2D eigenvalue weighted by molar-refractivity contribution is 7.88. The molecule has 0 radical (unpaired) electrons. The van der Waals surface area contributed by atoms with Crippen molar-refractivity contribution in [1.29, 1.82) is 0 Å². The zero-order valence-electron chi connectivity index (χ0n) is 14.0. The van der Waals surface area contributed by atoms with Crippen molar-refractivity contribution >= 4 is 20.2 Å². The number of benzene rings is 1. The Kier molecular flexibility index (Phi) is 6.38. The molecule has 0 bridgehead atoms. The SMILES string of the molecule is CN(Cc1ccccc1)S(=O)(=O)N[C@H]1CCC[C@@H](NS(C)(=O)=O)C1. The normalized spacial score (nSPS) is 22.6. The van der Waals surface area contributed by atoms with E-state index in [-0.39, 0.29) is 18.6 Å². The molecular weight excluding hydrogens is 350 g/mol. The second-order valence-corrected chi connectivity index (χ2v) is 9.90. The molecule has 0 saturated heterocycles. The third-order valence-corrected chi connectivity index (χ3v) is 6.37. The van der Waals surface area contributed by atoms with Crippen molar-refractivity contribution in [1.82, 2.24) is 13.7 Å². The molecule has 1 aliphatic carbocycles. The fourth-order valence-electron chi connectivity index (χ4n) is 2.93. The quantitative estimate of drug-likeness (QED) is 0.737. The van der Waals surface area contributed by atoms with Crippen molar-refractivity contribution in [3.05, 3.63) is 35.9 Å². The summed E-state index contributed by atoms with van der Waals surface area (Å²) in [5.74, 6) is 0. The monoisotopic (exact) mass is 375 g/mol. The molecule has 0 aliphatic heterocycles. The number of hydrogen-bond donors (Lipinski definition) is 2. The summed E-state index contributed by atoms with van der Waals surface area (Å²) < 4.78 is 54.2. The van der Waals surface area contributed by atoms with Gasteiger partial charge in [-0.05, 0) is 24.8 Å². The Bertz CT molecular complexity index is 735. The molecule has 1 fully saturated rings. The van der Waals surface area contributed by atoms with Gasteiger partial charge in [0, 0.05) is 25.7 Å². The summed E-state index contributed by atoms with van der Waals surface area (Å²) in [7, 11) is -5.37. The second kappa shape index (κ2) is 7.92. The molecular formula is C15H25N3O4S2. The Morgan fingerprint density at radius 2 is 1.62 bits per heavy atom. The van der Waals surface area contributed by atoms with Crippen molar-refractivity contribution in [2.24, 2.45) is 0 Å². The first-order chi connectivity index (χ1) is 11.2. The standard InChI is InChI=1S/C15H25N3O4S2/c1-18(12-13-7-4-3-5-8-13)24(21,22)17-15-10-6-9-14(11-15)16-23(2,19)20/h3-5,7-8,14-17H,6,9-12H2,1-2H3/t14-,15+/m1/s1. The predicted octanol–water partition coefficient (Wildman–Crippen LogP) is 0.813. The Balaban J connectivity index is 1.95. The Hall–Kier alpha value is -1.00. The molecule has 2 N–H and O–H groups in total. The fourth-order valence-corrected chi connectivity index (χ4v) is 4.89. The van der Waals surface area contributed by atoms with Crippen molar-refractivity contribution in [2.75, 3.05) is 13.3 Å². The van der Waals surface area contributed by atoms with Gasteiger partial charge in [-0.2, -0.15) is 17.4 Å². The number of hydrogen-bond acceptors (Lipinski definition) is 4. The van der Waals surface area contributed by atoms with Crippen LogP contribution < -0.4 is 9.44 Å². The lowest BCUT2D eigenvalue weighted by atomic mass is 9.92. The summed E-state index contributed by atoms with van der Waals surface area (Å²) >= 11 is 0. The van der Waals surface area contributed by atoms with Gasteiger partial charge in [0.15, 0.2) is 0 Å². The molecule has 1 aromatic carbocycles. The lowest BCUT2D eigenvalue weighted by Crippen LogP contribution is -2.48. The summed E-state index contributed by atoms with van der Waals surface area (Å²) in [6.45, 7) is 0.286. The van der Waals surface area contributed by atoms with Crippen LogP contribution in [0, 0.1) is 0 Å². The molecule has 1 saturated carbocycles. The molecule has 136 valence electrons. The molecule has 0 amide bonds. The number of nitrogens with zero attached hydrogens (tertiary/aromatic N) is 1. The minimum atomic E-state index is -3.62. The van der Waals surface area contributed by atoms with Crippen LogP contribution in [0.5, 0.6) is 0 Å². The maximum Gasteiger partial charge on any atom is 0.279 e. The van der Waals surface area contributed by atoms with Crippen molar-refractivity contribution in [3.63, 3.8) is 0 Å². The number of nitrogens with one attached hydrogen (secondary N) is 2. The summed E-state index contributed by atoms with van der Waals surface area (Å²) in [5.41, 5.74) is 0.908. The molecule has 9 heteroatoms. The van der Waals surface area contributed by atoms with E-state index in [9.17, 15) is 16.8 Å². The van der Waals surface area contributed by atoms with Crippen molar-refractivity contribution in [3.8, 4) is 0 Å². The van der Waals surface area contributed by atoms with Crippen molar-refractivity contribution < 1.29 is 16.8 Å². The number of sulfonamides is 1. The first-order valence-electron chi connectivity index (χ1n) is 7.90. The first kappa shape index (κ1) is 19.3. The van der Waals surface area contributed by atoms with Crippen LogP contribution in [0.25, 0.3) is 0 Å². The minimum absolute atomic E-state index is 0.221. The van der Waals surface area contributed by atoms with Gasteiger partial charge in [0.1, 0.15) is 0 Å². The molecule has 0 heterocycles. The topological polar surface area (TPSA) is 95.6 Å². The maximum absolute atomic E-state index is 12.5. The summed E-state index contributed by atoms with van der Waals surface area (Å²) in [5, 5.41) is 0. The third-order valence-electron chi connectivity index (χ3n) is 4.03. The Morgan fingerprint density at radius 1 is 1.04 bits per heavy atom. The third kappa shape index (κ3) is 6.14. The van der Waals surface area contributed by atoms with E-state index in [0.29, 0.717) is 12.8 Å². The van der Waals surface area contributed by atoms with E-state index in [1.165, 1.54) is 11.4 Å². The van der Waals surface area contributed by atoms with E-state index in [0.717, 1.165) is 24.7 Å². The van der Waals surface area contributed by atoms with Crippen LogP contribution in [-0.4, -0.2) is 46.5 Å². The van der Waals surface area contributed by atoms with Crippen LogP contribution in [0.15, 0.2) is 30.3 Å². The van der Waals surface area contributed by atoms with Crippen LogP contribution in [0.4, 0.5) is 0 Å². The van der Waals surface area contributed by atoms with Gasteiger partial charge in [0.2, 0.25) is 10.0 Å². The smallest absolute Gasteiger partial charge is 0.213 e. The van der Waals surface area contributed by atoms with E-state index in [4.69, 9.17) is 0 Å². The van der Waals surface area contributed by atoms with Crippen LogP contribution in [0.1, 0.15) is 31.2 Å². The van der Waals surface area contributed by atoms with Gasteiger partial charge in [0.05, 0.1) is 6.26 Å². The van der Waals surface area contributed by atoms with E-state index in [2.05, 4.69) is 9.44 Å². The van der Waals surface area contributed by atoms with Gasteiger partial charge < -0.3 is 0 Å². The van der Waals surface area contributed by atoms with Crippen molar-refractivity contribution in [2.45, 2.75) is 44.3 Å². The largest absolute Gasteiger partial charge is 0.279 e. The van der Waals surface area contributed by atoms with Gasteiger partial charge in [0.25, 0.3) is 10.2 Å². The van der Waals surface area contributed by atoms with Gasteiger partial charge in [-0.15, -0.1) is 0 Å². The fraction of sp³-hybridized carbons (Fsp3) is 0.600. The molecule has 0 spiro atoms. The zero-order chi connectivity index (χ0) is 17.8. The molecule has 1 aromatic rings. The Labute approximate surface area is 144 Å². The maximum atomic E-state index is 12.5. The molecule has 1 aliphatic rings. The van der Waals surface area contributed by atoms with Gasteiger partial charge >= 0.3 is 0 Å². The predicted molar refractivity (Wildman–Crippen MR) is 94.0 cm³/mol. The average molecular weight is 376 g/mol. The Morgan fingerprint density at radius 3 is 2.21 bits per heavy atom. The molecule has 7 nitrogen and oxygen atoms in total. The highest BCUT2D eigenvalue weighted by Gasteiger charge is 2.28.